The lowest BCUT2D eigenvalue weighted by Crippen LogP contribution is -1.94. The Bertz CT molecular complexity index is 839. The number of para-hydroxylation sites is 2. The van der Waals surface area contributed by atoms with Gasteiger partial charge in [0.2, 0.25) is 0 Å². The van der Waals surface area contributed by atoms with Gasteiger partial charge >= 0.3 is 0 Å². The van der Waals surface area contributed by atoms with Gasteiger partial charge < -0.3 is 19.5 Å². The van der Waals surface area contributed by atoms with Gasteiger partial charge in [-0.2, -0.15) is 0 Å². The summed E-state index contributed by atoms with van der Waals surface area (Å²) in [5, 5.41) is 6.06. The minimum Gasteiger partial charge on any atom is -0.497 e. The number of anilines is 2. The van der Waals surface area contributed by atoms with Crippen molar-refractivity contribution < 1.29 is 14.2 Å². The molecule has 3 aromatic rings. The molecule has 0 saturated heterocycles. The van der Waals surface area contributed by atoms with Crippen molar-refractivity contribution in [1.29, 1.82) is 0 Å². The maximum Gasteiger partial charge on any atom is 0.187 e. The van der Waals surface area contributed by atoms with E-state index in [1.54, 1.807) is 21.3 Å². The number of rotatable bonds is 6. The maximum atomic E-state index is 5.45. The standard InChI is InChI=1S/C18H18N2O3S.BrH/c1-21-12-8-9-13(17(10-12)23-3)15-11-24-18(20-15)19-14-6-4-5-7-16(14)22-2;/h4-11H,1-3H3,(H,19,20);1H. The summed E-state index contributed by atoms with van der Waals surface area (Å²) >= 11 is 1.52. The molecule has 1 heterocycles. The molecule has 0 aliphatic rings. The third-order valence-electron chi connectivity index (χ3n) is 3.54. The second-order valence-electron chi connectivity index (χ2n) is 4.93. The van der Waals surface area contributed by atoms with Crippen LogP contribution < -0.4 is 19.5 Å². The Balaban J connectivity index is 0.00000225. The minimum absolute atomic E-state index is 0. The van der Waals surface area contributed by atoms with Crippen LogP contribution in [0, 0.1) is 0 Å². The van der Waals surface area contributed by atoms with Crippen molar-refractivity contribution in [2.24, 2.45) is 0 Å². The van der Waals surface area contributed by atoms with Crippen LogP contribution in [0.2, 0.25) is 0 Å². The topological polar surface area (TPSA) is 52.6 Å². The Labute approximate surface area is 161 Å². The Morgan fingerprint density at radius 3 is 2.40 bits per heavy atom. The van der Waals surface area contributed by atoms with E-state index in [2.05, 4.69) is 10.3 Å². The van der Waals surface area contributed by atoms with E-state index in [0.29, 0.717) is 0 Å². The summed E-state index contributed by atoms with van der Waals surface area (Å²) in [6.07, 6.45) is 0. The highest BCUT2D eigenvalue weighted by Crippen LogP contribution is 2.36. The fourth-order valence-electron chi connectivity index (χ4n) is 2.33. The zero-order valence-electron chi connectivity index (χ0n) is 14.1. The van der Waals surface area contributed by atoms with Gasteiger partial charge in [-0.25, -0.2) is 4.98 Å². The van der Waals surface area contributed by atoms with Gasteiger partial charge in [-0.05, 0) is 24.3 Å². The molecule has 2 aromatic carbocycles. The van der Waals surface area contributed by atoms with E-state index in [4.69, 9.17) is 14.2 Å². The van der Waals surface area contributed by atoms with Gasteiger partial charge in [0, 0.05) is 17.0 Å². The minimum atomic E-state index is 0. The second kappa shape index (κ2) is 8.73. The highest BCUT2D eigenvalue weighted by molar-refractivity contribution is 8.93. The van der Waals surface area contributed by atoms with Crippen LogP contribution in [-0.2, 0) is 0 Å². The van der Waals surface area contributed by atoms with Gasteiger partial charge in [-0.3, -0.25) is 0 Å². The van der Waals surface area contributed by atoms with Crippen LogP contribution in [0.1, 0.15) is 0 Å². The number of halogens is 1. The third-order valence-corrected chi connectivity index (χ3v) is 4.30. The molecule has 0 aliphatic heterocycles. The number of aromatic nitrogens is 1. The number of nitrogens with one attached hydrogen (secondary N) is 1. The van der Waals surface area contributed by atoms with Crippen molar-refractivity contribution in [3.63, 3.8) is 0 Å². The van der Waals surface area contributed by atoms with E-state index < -0.39 is 0 Å². The van der Waals surface area contributed by atoms with Gasteiger partial charge in [0.1, 0.15) is 17.2 Å². The van der Waals surface area contributed by atoms with Gasteiger partial charge in [0.05, 0.1) is 32.7 Å². The van der Waals surface area contributed by atoms with Gasteiger partial charge in [-0.15, -0.1) is 28.3 Å². The first-order chi connectivity index (χ1) is 11.7. The zero-order valence-corrected chi connectivity index (χ0v) is 16.6. The van der Waals surface area contributed by atoms with Gasteiger partial charge in [0.15, 0.2) is 5.13 Å². The molecular weight excluding hydrogens is 404 g/mol. The molecule has 7 heteroatoms. The summed E-state index contributed by atoms with van der Waals surface area (Å²) in [6.45, 7) is 0. The molecule has 0 spiro atoms. The van der Waals surface area contributed by atoms with Crippen LogP contribution in [-0.4, -0.2) is 26.3 Å². The normalized spacial score (nSPS) is 9.88. The van der Waals surface area contributed by atoms with Gasteiger partial charge in [0.25, 0.3) is 0 Å². The monoisotopic (exact) mass is 422 g/mol. The largest absolute Gasteiger partial charge is 0.497 e. The predicted molar refractivity (Wildman–Crippen MR) is 107 cm³/mol. The summed E-state index contributed by atoms with van der Waals surface area (Å²) in [5.41, 5.74) is 2.64. The molecule has 0 aliphatic carbocycles. The summed E-state index contributed by atoms with van der Waals surface area (Å²) in [5.74, 6) is 2.25. The first-order valence-electron chi connectivity index (χ1n) is 7.33. The Morgan fingerprint density at radius 2 is 1.68 bits per heavy atom. The number of ether oxygens (including phenoxy) is 3. The maximum absolute atomic E-state index is 5.45. The van der Waals surface area contributed by atoms with Crippen LogP contribution in [0.25, 0.3) is 11.3 Å². The highest BCUT2D eigenvalue weighted by atomic mass is 79.9. The molecule has 0 fully saturated rings. The van der Waals surface area contributed by atoms with Crippen LogP contribution in [0.5, 0.6) is 17.2 Å². The summed E-state index contributed by atoms with van der Waals surface area (Å²) in [7, 11) is 4.92. The van der Waals surface area contributed by atoms with Crippen LogP contribution in [0.15, 0.2) is 47.8 Å². The van der Waals surface area contributed by atoms with E-state index in [0.717, 1.165) is 39.3 Å². The third kappa shape index (κ3) is 4.24. The highest BCUT2D eigenvalue weighted by Gasteiger charge is 2.12. The molecule has 132 valence electrons. The number of hydrogen-bond acceptors (Lipinski definition) is 6. The Hall–Kier alpha value is -2.25. The lowest BCUT2D eigenvalue weighted by molar-refractivity contribution is 0.395. The van der Waals surface area contributed by atoms with E-state index in [-0.39, 0.29) is 17.0 Å². The number of nitrogens with zero attached hydrogens (tertiary/aromatic N) is 1. The number of methoxy groups -OCH3 is 3. The van der Waals surface area contributed by atoms with E-state index >= 15 is 0 Å². The van der Waals surface area contributed by atoms with Crippen molar-refractivity contribution >= 4 is 39.1 Å². The molecule has 1 N–H and O–H groups in total. The van der Waals surface area contributed by atoms with Crippen LogP contribution in [0.3, 0.4) is 0 Å². The van der Waals surface area contributed by atoms with Crippen molar-refractivity contribution in [2.45, 2.75) is 0 Å². The van der Waals surface area contributed by atoms with Crippen LogP contribution >= 0.6 is 28.3 Å². The van der Waals surface area contributed by atoms with Crippen molar-refractivity contribution in [3.05, 3.63) is 47.8 Å². The summed E-state index contributed by atoms with van der Waals surface area (Å²) in [4.78, 5) is 4.65. The van der Waals surface area contributed by atoms with E-state index in [1.165, 1.54) is 11.3 Å². The molecule has 0 amide bonds. The first-order valence-corrected chi connectivity index (χ1v) is 8.21. The molecule has 0 atom stereocenters. The van der Waals surface area contributed by atoms with Crippen molar-refractivity contribution in [2.75, 3.05) is 26.6 Å². The molecular formula is C18H19BrN2O3S. The average molecular weight is 423 g/mol. The number of benzene rings is 2. The van der Waals surface area contributed by atoms with E-state index in [1.807, 2.05) is 47.8 Å². The Morgan fingerprint density at radius 1 is 0.920 bits per heavy atom. The molecule has 3 rings (SSSR count). The van der Waals surface area contributed by atoms with Crippen LogP contribution in [0.4, 0.5) is 10.8 Å². The fraction of sp³-hybridized carbons (Fsp3) is 0.167. The molecule has 0 radical (unpaired) electrons. The fourth-order valence-corrected chi connectivity index (χ4v) is 3.05. The quantitative estimate of drug-likeness (QED) is 0.594. The molecule has 0 unspecified atom stereocenters. The first kappa shape index (κ1) is 19.1. The molecule has 5 nitrogen and oxygen atoms in total. The summed E-state index contributed by atoms with van der Waals surface area (Å²) in [6, 6.07) is 13.4. The van der Waals surface area contributed by atoms with Gasteiger partial charge in [-0.1, -0.05) is 12.1 Å². The SMILES string of the molecule is Br.COc1ccc(-c2csc(Nc3ccccc3OC)n2)c(OC)c1. The van der Waals surface area contributed by atoms with Crippen molar-refractivity contribution in [3.8, 4) is 28.5 Å². The molecule has 0 saturated carbocycles. The zero-order chi connectivity index (χ0) is 16.9. The summed E-state index contributed by atoms with van der Waals surface area (Å²) < 4.78 is 16.0. The molecule has 25 heavy (non-hydrogen) atoms. The molecule has 1 aromatic heterocycles. The molecule has 0 bridgehead atoms. The second-order valence-corrected chi connectivity index (χ2v) is 5.79. The lowest BCUT2D eigenvalue weighted by Gasteiger charge is -2.09. The Kier molecular flexibility index (Phi) is 6.66. The number of hydrogen-bond donors (Lipinski definition) is 1. The smallest absolute Gasteiger partial charge is 0.187 e. The van der Waals surface area contributed by atoms with Crippen molar-refractivity contribution in [1.82, 2.24) is 4.98 Å². The van der Waals surface area contributed by atoms with E-state index in [9.17, 15) is 0 Å². The average Bonchev–Trinajstić information content (AvgIpc) is 3.09. The number of thiazole rings is 1. The lowest BCUT2D eigenvalue weighted by atomic mass is 10.1. The predicted octanol–water partition coefficient (Wildman–Crippen LogP) is 5.16.